The molecule has 142 valence electrons. The van der Waals surface area contributed by atoms with Crippen LogP contribution in [0.25, 0.3) is 17.1 Å². The molecule has 5 nitrogen and oxygen atoms in total. The lowest BCUT2D eigenvalue weighted by atomic mass is 10.1. The number of rotatable bonds is 3. The van der Waals surface area contributed by atoms with Crippen molar-refractivity contribution in [1.29, 1.82) is 0 Å². The third-order valence-electron chi connectivity index (χ3n) is 4.12. The van der Waals surface area contributed by atoms with E-state index in [1.165, 1.54) is 11.7 Å². The van der Waals surface area contributed by atoms with Crippen molar-refractivity contribution < 1.29 is 17.9 Å². The van der Waals surface area contributed by atoms with E-state index < -0.39 is 11.7 Å². The van der Waals surface area contributed by atoms with Crippen molar-refractivity contribution in [2.45, 2.75) is 13.1 Å². The molecule has 0 saturated carbocycles. The van der Waals surface area contributed by atoms with Crippen molar-refractivity contribution in [3.05, 3.63) is 52.7 Å². The number of nitrogens with zero attached hydrogens (tertiary/aromatic N) is 2. The molecule has 1 aromatic heterocycles. The van der Waals surface area contributed by atoms with E-state index in [0.717, 1.165) is 12.1 Å². The highest BCUT2D eigenvalue weighted by molar-refractivity contribution is 6.33. The molecular formula is C18H16ClF3N4O. The largest absolute Gasteiger partial charge is 0.495 e. The molecule has 0 bridgehead atoms. The summed E-state index contributed by atoms with van der Waals surface area (Å²) in [4.78, 5) is 4.38. The van der Waals surface area contributed by atoms with Gasteiger partial charge in [0.1, 0.15) is 17.4 Å². The maximum absolute atomic E-state index is 13.4. The van der Waals surface area contributed by atoms with Crippen LogP contribution < -0.4 is 16.2 Å². The molecule has 27 heavy (non-hydrogen) atoms. The fourth-order valence-electron chi connectivity index (χ4n) is 2.74. The van der Waals surface area contributed by atoms with Gasteiger partial charge in [0.05, 0.1) is 34.8 Å². The molecular weight excluding hydrogens is 381 g/mol. The normalized spacial score (nSPS) is 11.6. The van der Waals surface area contributed by atoms with Crippen LogP contribution in [0.15, 0.2) is 36.4 Å². The predicted molar refractivity (Wildman–Crippen MR) is 99.1 cm³/mol. The number of aryl methyl sites for hydroxylation is 1. The lowest BCUT2D eigenvalue weighted by Gasteiger charge is -2.18. The minimum Gasteiger partial charge on any atom is -0.495 e. The van der Waals surface area contributed by atoms with Crippen molar-refractivity contribution in [3.8, 4) is 22.8 Å². The van der Waals surface area contributed by atoms with Crippen LogP contribution in [-0.2, 0) is 6.18 Å². The van der Waals surface area contributed by atoms with Crippen LogP contribution in [0, 0.1) is 6.92 Å². The van der Waals surface area contributed by atoms with E-state index in [2.05, 4.69) is 4.98 Å². The van der Waals surface area contributed by atoms with Crippen molar-refractivity contribution in [2.75, 3.05) is 18.6 Å². The number of methoxy groups -OCH3 is 1. The first-order valence-electron chi connectivity index (χ1n) is 7.80. The van der Waals surface area contributed by atoms with E-state index in [1.54, 1.807) is 31.2 Å². The fraction of sp³-hybridized carbons (Fsp3) is 0.167. The summed E-state index contributed by atoms with van der Waals surface area (Å²) in [5, 5.41) is 0.376. The summed E-state index contributed by atoms with van der Waals surface area (Å²) >= 11 is 6.25. The Balaban J connectivity index is 2.37. The summed E-state index contributed by atoms with van der Waals surface area (Å²) in [5.74, 6) is 0.317. The Bertz CT molecular complexity index is 1010. The smallest absolute Gasteiger partial charge is 0.416 e. The molecule has 4 N–H and O–H groups in total. The maximum atomic E-state index is 13.4. The number of imidazole rings is 1. The molecule has 0 aliphatic rings. The Labute approximate surface area is 158 Å². The zero-order chi connectivity index (χ0) is 19.9. The van der Waals surface area contributed by atoms with Crippen LogP contribution in [0.3, 0.4) is 0 Å². The second kappa shape index (κ2) is 6.70. The average molecular weight is 397 g/mol. The van der Waals surface area contributed by atoms with Crippen LogP contribution >= 0.6 is 11.6 Å². The van der Waals surface area contributed by atoms with Crippen LogP contribution in [-0.4, -0.2) is 16.7 Å². The molecule has 0 aliphatic heterocycles. The molecule has 1 heterocycles. The van der Waals surface area contributed by atoms with Crippen LogP contribution in [0.1, 0.15) is 11.3 Å². The zero-order valence-electron chi connectivity index (χ0n) is 14.4. The third-order valence-corrected chi connectivity index (χ3v) is 4.45. The van der Waals surface area contributed by atoms with Gasteiger partial charge in [-0.2, -0.15) is 13.2 Å². The monoisotopic (exact) mass is 396 g/mol. The van der Waals surface area contributed by atoms with Gasteiger partial charge in [0.15, 0.2) is 0 Å². The number of benzene rings is 2. The van der Waals surface area contributed by atoms with Gasteiger partial charge in [0, 0.05) is 5.56 Å². The first-order valence-corrected chi connectivity index (χ1v) is 8.17. The Hall–Kier alpha value is -2.87. The first-order chi connectivity index (χ1) is 12.6. The van der Waals surface area contributed by atoms with Crippen molar-refractivity contribution >= 4 is 23.1 Å². The van der Waals surface area contributed by atoms with E-state index in [4.69, 9.17) is 27.8 Å². The number of hydrogen-bond acceptors (Lipinski definition) is 4. The van der Waals surface area contributed by atoms with E-state index in [0.29, 0.717) is 16.3 Å². The summed E-state index contributed by atoms with van der Waals surface area (Å²) < 4.78 is 46.4. The average Bonchev–Trinajstić information content (AvgIpc) is 2.89. The molecule has 0 aliphatic carbocycles. The van der Waals surface area contributed by atoms with E-state index in [1.807, 2.05) is 0 Å². The van der Waals surface area contributed by atoms with Crippen LogP contribution in [0.2, 0.25) is 5.02 Å². The van der Waals surface area contributed by atoms with Gasteiger partial charge >= 0.3 is 6.18 Å². The number of ether oxygens (including phenoxy) is 1. The molecule has 0 atom stereocenters. The third kappa shape index (κ3) is 3.28. The summed E-state index contributed by atoms with van der Waals surface area (Å²) in [7, 11) is 1.24. The number of hydrogen-bond donors (Lipinski definition) is 2. The van der Waals surface area contributed by atoms with E-state index >= 15 is 0 Å². The zero-order valence-corrected chi connectivity index (χ0v) is 15.2. The Morgan fingerprint density at radius 1 is 1.15 bits per heavy atom. The Morgan fingerprint density at radius 3 is 2.41 bits per heavy atom. The summed E-state index contributed by atoms with van der Waals surface area (Å²) in [6.45, 7) is 1.65. The summed E-state index contributed by atoms with van der Waals surface area (Å²) in [6.07, 6.45) is -4.59. The number of nitrogens with two attached hydrogens (primary N) is 2. The Kier molecular flexibility index (Phi) is 4.69. The lowest BCUT2D eigenvalue weighted by Crippen LogP contribution is -2.11. The van der Waals surface area contributed by atoms with Gasteiger partial charge < -0.3 is 16.2 Å². The predicted octanol–water partition coefficient (Wildman–Crippen LogP) is 4.69. The SMILES string of the molecule is COc1cc(C(F)(F)F)cc(-n2c(-c3ccccc3Cl)nc(C)c2N)c1N. The topological polar surface area (TPSA) is 79.1 Å². The van der Waals surface area contributed by atoms with Gasteiger partial charge in [0.25, 0.3) is 0 Å². The van der Waals surface area contributed by atoms with Crippen molar-refractivity contribution in [3.63, 3.8) is 0 Å². The minimum absolute atomic E-state index is 0.00269. The fourth-order valence-corrected chi connectivity index (χ4v) is 2.96. The second-order valence-electron chi connectivity index (χ2n) is 5.83. The first kappa shape index (κ1) is 18.9. The highest BCUT2D eigenvalue weighted by Crippen LogP contribution is 2.41. The Morgan fingerprint density at radius 2 is 1.81 bits per heavy atom. The van der Waals surface area contributed by atoms with Gasteiger partial charge in [0.2, 0.25) is 0 Å². The second-order valence-corrected chi connectivity index (χ2v) is 6.24. The number of aromatic nitrogens is 2. The molecule has 0 saturated heterocycles. The molecule has 3 aromatic rings. The summed E-state index contributed by atoms with van der Waals surface area (Å²) in [6, 6.07) is 8.57. The van der Waals surface area contributed by atoms with Crippen molar-refractivity contribution in [2.24, 2.45) is 0 Å². The molecule has 2 aromatic carbocycles. The maximum Gasteiger partial charge on any atom is 0.416 e. The van der Waals surface area contributed by atoms with E-state index in [9.17, 15) is 13.2 Å². The quantitative estimate of drug-likeness (QED) is 0.629. The molecule has 0 unspecified atom stereocenters. The molecule has 0 amide bonds. The number of alkyl halides is 3. The summed E-state index contributed by atoms with van der Waals surface area (Å²) in [5.41, 5.74) is 12.2. The lowest BCUT2D eigenvalue weighted by molar-refractivity contribution is -0.137. The number of nitrogen functional groups attached to an aromatic ring is 2. The standard InChI is InChI=1S/C18H16ClF3N4O/c1-9-16(24)26(17(25-9)11-5-3-4-6-12(11)19)13-7-10(18(20,21)22)8-14(27-2)15(13)23/h3-8H,23-24H2,1-2H3. The molecule has 0 radical (unpaired) electrons. The highest BCUT2D eigenvalue weighted by Gasteiger charge is 2.33. The minimum atomic E-state index is -4.59. The van der Waals surface area contributed by atoms with E-state index in [-0.39, 0.29) is 28.8 Å². The number of halogens is 4. The van der Waals surface area contributed by atoms with Crippen molar-refractivity contribution in [1.82, 2.24) is 9.55 Å². The van der Waals surface area contributed by atoms with Gasteiger partial charge in [-0.15, -0.1) is 0 Å². The highest BCUT2D eigenvalue weighted by atomic mass is 35.5. The van der Waals surface area contributed by atoms with Gasteiger partial charge in [-0.25, -0.2) is 4.98 Å². The molecule has 3 rings (SSSR count). The van der Waals surface area contributed by atoms with Gasteiger partial charge in [-0.05, 0) is 31.2 Å². The molecule has 0 spiro atoms. The molecule has 9 heteroatoms. The number of anilines is 2. The van der Waals surface area contributed by atoms with Crippen LogP contribution in [0.5, 0.6) is 5.75 Å². The van der Waals surface area contributed by atoms with Crippen LogP contribution in [0.4, 0.5) is 24.7 Å². The molecule has 0 fully saturated rings. The van der Waals surface area contributed by atoms with Gasteiger partial charge in [-0.3, -0.25) is 4.57 Å². The van der Waals surface area contributed by atoms with Gasteiger partial charge in [-0.1, -0.05) is 23.7 Å².